The molecule has 2 fully saturated rings. The molecule has 1 unspecified atom stereocenters. The van der Waals surface area contributed by atoms with Crippen LogP contribution < -0.4 is 11.1 Å². The molecule has 0 bridgehead atoms. The smallest absolute Gasteiger partial charge is 0.251 e. The van der Waals surface area contributed by atoms with E-state index in [0.717, 1.165) is 25.6 Å². The van der Waals surface area contributed by atoms with Crippen molar-refractivity contribution in [2.75, 3.05) is 18.8 Å². The molecule has 1 aliphatic carbocycles. The van der Waals surface area contributed by atoms with Gasteiger partial charge in [0.05, 0.1) is 0 Å². The van der Waals surface area contributed by atoms with Gasteiger partial charge in [-0.15, -0.1) is 0 Å². The van der Waals surface area contributed by atoms with Gasteiger partial charge in [-0.25, -0.2) is 0 Å². The topological polar surface area (TPSA) is 58.4 Å². The third-order valence-corrected chi connectivity index (χ3v) is 4.57. The summed E-state index contributed by atoms with van der Waals surface area (Å²) in [4.78, 5) is 14.7. The minimum absolute atomic E-state index is 0.0169. The van der Waals surface area contributed by atoms with Crippen LogP contribution in [-0.4, -0.2) is 36.0 Å². The molecule has 1 heterocycles. The Morgan fingerprint density at radius 3 is 2.55 bits per heavy atom. The van der Waals surface area contributed by atoms with Gasteiger partial charge in [-0.05, 0) is 43.5 Å². The molecule has 0 radical (unpaired) electrons. The molecule has 0 spiro atoms. The van der Waals surface area contributed by atoms with Crippen molar-refractivity contribution in [3.05, 3.63) is 29.8 Å². The molecule has 1 saturated carbocycles. The molecule has 1 aromatic carbocycles. The summed E-state index contributed by atoms with van der Waals surface area (Å²) in [6, 6.07) is 8.17. The Morgan fingerprint density at radius 1 is 1.15 bits per heavy atom. The van der Waals surface area contributed by atoms with Gasteiger partial charge in [-0.3, -0.25) is 9.69 Å². The van der Waals surface area contributed by atoms with E-state index in [-0.39, 0.29) is 5.91 Å². The molecule has 3 N–H and O–H groups in total. The van der Waals surface area contributed by atoms with Crippen molar-refractivity contribution >= 4 is 11.6 Å². The highest BCUT2D eigenvalue weighted by atomic mass is 16.1. The van der Waals surface area contributed by atoms with Crippen LogP contribution in [0.1, 0.15) is 42.5 Å². The van der Waals surface area contributed by atoms with Crippen LogP contribution in [0.4, 0.5) is 5.69 Å². The zero-order chi connectivity index (χ0) is 13.9. The van der Waals surface area contributed by atoms with Gasteiger partial charge in [0.2, 0.25) is 0 Å². The van der Waals surface area contributed by atoms with Crippen LogP contribution in [0.3, 0.4) is 0 Å². The minimum atomic E-state index is 0.0169. The lowest BCUT2D eigenvalue weighted by Gasteiger charge is -2.23. The lowest BCUT2D eigenvalue weighted by atomic mass is 10.1. The van der Waals surface area contributed by atoms with E-state index in [1.807, 2.05) is 0 Å². The predicted molar refractivity (Wildman–Crippen MR) is 80.6 cm³/mol. The molecule has 1 atom stereocenters. The number of hydrogen-bond acceptors (Lipinski definition) is 3. The van der Waals surface area contributed by atoms with Crippen LogP contribution in [0.2, 0.25) is 0 Å². The lowest BCUT2D eigenvalue weighted by Crippen LogP contribution is -2.39. The van der Waals surface area contributed by atoms with E-state index in [0.29, 0.717) is 17.3 Å². The predicted octanol–water partition coefficient (Wildman–Crippen LogP) is 2.02. The second-order valence-electron chi connectivity index (χ2n) is 6.01. The first kappa shape index (κ1) is 13.4. The van der Waals surface area contributed by atoms with Gasteiger partial charge in [0.1, 0.15) is 0 Å². The molecule has 0 aromatic heterocycles. The highest BCUT2D eigenvalue weighted by molar-refractivity contribution is 5.94. The number of anilines is 1. The quantitative estimate of drug-likeness (QED) is 0.828. The highest BCUT2D eigenvalue weighted by Gasteiger charge is 2.30. The molecule has 1 aliphatic heterocycles. The van der Waals surface area contributed by atoms with Gasteiger partial charge >= 0.3 is 0 Å². The maximum absolute atomic E-state index is 12.2. The van der Waals surface area contributed by atoms with Crippen molar-refractivity contribution in [2.24, 2.45) is 0 Å². The van der Waals surface area contributed by atoms with Crippen LogP contribution in [0.15, 0.2) is 24.3 Å². The molecule has 4 heteroatoms. The zero-order valence-corrected chi connectivity index (χ0v) is 11.8. The Morgan fingerprint density at radius 2 is 1.85 bits per heavy atom. The summed E-state index contributed by atoms with van der Waals surface area (Å²) in [5.41, 5.74) is 7.02. The standard InChI is InChI=1S/C16H23N3O/c17-13-7-5-12(6-8-13)16(20)18-14-9-10-19(11-14)15-3-1-2-4-15/h5-8,14-15H,1-4,9-11,17H2,(H,18,20). The van der Waals surface area contributed by atoms with Gasteiger partial charge < -0.3 is 11.1 Å². The highest BCUT2D eigenvalue weighted by Crippen LogP contribution is 2.26. The zero-order valence-electron chi connectivity index (χ0n) is 11.8. The van der Waals surface area contributed by atoms with Crippen molar-refractivity contribution < 1.29 is 4.79 Å². The molecule has 2 aliphatic rings. The number of likely N-dealkylation sites (tertiary alicyclic amines) is 1. The Bertz CT molecular complexity index is 465. The number of carbonyl (C=O) groups is 1. The fraction of sp³-hybridized carbons (Fsp3) is 0.562. The Hall–Kier alpha value is -1.55. The van der Waals surface area contributed by atoms with Gasteiger partial charge in [-0.2, -0.15) is 0 Å². The first-order valence-electron chi connectivity index (χ1n) is 7.63. The molecule has 4 nitrogen and oxygen atoms in total. The molecule has 20 heavy (non-hydrogen) atoms. The molecule has 3 rings (SSSR count). The maximum atomic E-state index is 12.2. The van der Waals surface area contributed by atoms with Gasteiger partial charge in [0.25, 0.3) is 5.91 Å². The number of nitrogens with two attached hydrogens (primary N) is 1. The number of amides is 1. The number of benzene rings is 1. The van der Waals surface area contributed by atoms with Crippen LogP contribution in [-0.2, 0) is 0 Å². The van der Waals surface area contributed by atoms with E-state index in [9.17, 15) is 4.79 Å². The van der Waals surface area contributed by atoms with Gasteiger partial charge in [0, 0.05) is 36.4 Å². The van der Waals surface area contributed by atoms with E-state index in [1.54, 1.807) is 24.3 Å². The summed E-state index contributed by atoms with van der Waals surface area (Å²) in [6.07, 6.45) is 6.46. The molecule has 1 saturated heterocycles. The van der Waals surface area contributed by atoms with Crippen LogP contribution in [0.25, 0.3) is 0 Å². The van der Waals surface area contributed by atoms with Crippen molar-refractivity contribution in [2.45, 2.75) is 44.2 Å². The summed E-state index contributed by atoms with van der Waals surface area (Å²) in [5.74, 6) is 0.0169. The summed E-state index contributed by atoms with van der Waals surface area (Å²) in [6.45, 7) is 2.13. The summed E-state index contributed by atoms with van der Waals surface area (Å²) >= 11 is 0. The first-order chi connectivity index (χ1) is 9.72. The summed E-state index contributed by atoms with van der Waals surface area (Å²) in [7, 11) is 0. The maximum Gasteiger partial charge on any atom is 0.251 e. The molecule has 1 aromatic rings. The number of rotatable bonds is 3. The molecule has 108 valence electrons. The molecule has 1 amide bonds. The van der Waals surface area contributed by atoms with Gasteiger partial charge in [-0.1, -0.05) is 12.8 Å². The average Bonchev–Trinajstić information content (AvgIpc) is 3.09. The van der Waals surface area contributed by atoms with Crippen molar-refractivity contribution in [3.63, 3.8) is 0 Å². The fourth-order valence-corrected chi connectivity index (χ4v) is 3.41. The van der Waals surface area contributed by atoms with Crippen molar-refractivity contribution in [1.29, 1.82) is 0 Å². The number of nitrogens with one attached hydrogen (secondary N) is 1. The largest absolute Gasteiger partial charge is 0.399 e. The van der Waals surface area contributed by atoms with E-state index in [4.69, 9.17) is 5.73 Å². The minimum Gasteiger partial charge on any atom is -0.399 e. The van der Waals surface area contributed by atoms with E-state index in [2.05, 4.69) is 10.2 Å². The van der Waals surface area contributed by atoms with Crippen LogP contribution in [0, 0.1) is 0 Å². The number of nitrogens with zero attached hydrogens (tertiary/aromatic N) is 1. The average molecular weight is 273 g/mol. The number of nitrogen functional groups attached to an aromatic ring is 1. The second kappa shape index (κ2) is 5.83. The lowest BCUT2D eigenvalue weighted by molar-refractivity contribution is 0.0936. The fourth-order valence-electron chi connectivity index (χ4n) is 3.41. The van der Waals surface area contributed by atoms with Crippen LogP contribution >= 0.6 is 0 Å². The number of carbonyl (C=O) groups excluding carboxylic acids is 1. The van der Waals surface area contributed by atoms with Crippen molar-refractivity contribution in [3.8, 4) is 0 Å². The molecular formula is C16H23N3O. The van der Waals surface area contributed by atoms with E-state index in [1.165, 1.54) is 25.7 Å². The normalized spacial score (nSPS) is 24.1. The summed E-state index contributed by atoms with van der Waals surface area (Å²) < 4.78 is 0. The SMILES string of the molecule is Nc1ccc(C(=O)NC2CCN(C3CCCC3)C2)cc1. The van der Waals surface area contributed by atoms with Crippen LogP contribution in [0.5, 0.6) is 0 Å². The monoisotopic (exact) mass is 273 g/mol. The van der Waals surface area contributed by atoms with Gasteiger partial charge in [0.15, 0.2) is 0 Å². The Labute approximate surface area is 120 Å². The molecular weight excluding hydrogens is 250 g/mol. The Balaban J connectivity index is 1.53. The number of hydrogen-bond donors (Lipinski definition) is 2. The van der Waals surface area contributed by atoms with E-state index < -0.39 is 0 Å². The third-order valence-electron chi connectivity index (χ3n) is 4.57. The third kappa shape index (κ3) is 2.96. The second-order valence-corrected chi connectivity index (χ2v) is 6.01. The van der Waals surface area contributed by atoms with E-state index >= 15 is 0 Å². The summed E-state index contributed by atoms with van der Waals surface area (Å²) in [5, 5.41) is 3.15. The Kier molecular flexibility index (Phi) is 3.92. The first-order valence-corrected chi connectivity index (χ1v) is 7.63. The van der Waals surface area contributed by atoms with Crippen molar-refractivity contribution in [1.82, 2.24) is 10.2 Å².